The Labute approximate surface area is 296 Å². The number of ketones is 1. The van der Waals surface area contributed by atoms with E-state index in [-0.39, 0.29) is 40.5 Å². The van der Waals surface area contributed by atoms with E-state index >= 15 is 0 Å². The second kappa shape index (κ2) is 16.7. The van der Waals surface area contributed by atoms with Gasteiger partial charge >= 0.3 is 11.9 Å². The van der Waals surface area contributed by atoms with E-state index < -0.39 is 50.9 Å². The van der Waals surface area contributed by atoms with Gasteiger partial charge in [-0.2, -0.15) is 0 Å². The second-order valence-corrected chi connectivity index (χ2v) is 16.3. The van der Waals surface area contributed by atoms with Crippen LogP contribution in [0.3, 0.4) is 0 Å². The van der Waals surface area contributed by atoms with Gasteiger partial charge in [0, 0.05) is 22.9 Å². The lowest BCUT2D eigenvalue weighted by atomic mass is 10.1. The van der Waals surface area contributed by atoms with Crippen molar-refractivity contribution >= 4 is 57.0 Å². The summed E-state index contributed by atoms with van der Waals surface area (Å²) in [6.45, 7) is 9.89. The van der Waals surface area contributed by atoms with Gasteiger partial charge in [-0.1, -0.05) is 35.9 Å². The minimum absolute atomic E-state index is 0.0274. The van der Waals surface area contributed by atoms with Crippen molar-refractivity contribution in [1.29, 1.82) is 0 Å². The molecule has 0 radical (unpaired) electrons. The molecule has 3 aromatic rings. The van der Waals surface area contributed by atoms with Gasteiger partial charge < -0.3 is 19.9 Å². The van der Waals surface area contributed by atoms with E-state index in [1.807, 2.05) is 12.1 Å². The third-order valence-electron chi connectivity index (χ3n) is 6.47. The van der Waals surface area contributed by atoms with Crippen molar-refractivity contribution in [2.75, 3.05) is 5.75 Å². The third-order valence-corrected chi connectivity index (χ3v) is 9.13. The number of Topliss-reactive ketones (excluding diaryl/α,β-unsaturated/α-hetero) is 1. The number of nitrogens with one attached hydrogen (secondary N) is 2. The van der Waals surface area contributed by atoms with Crippen molar-refractivity contribution in [1.82, 2.24) is 10.0 Å². The number of aromatic hydroxyl groups is 1. The van der Waals surface area contributed by atoms with Crippen LogP contribution in [0.25, 0.3) is 0 Å². The van der Waals surface area contributed by atoms with E-state index in [1.165, 1.54) is 36.0 Å². The van der Waals surface area contributed by atoms with Crippen LogP contribution >= 0.6 is 23.4 Å². The molecule has 0 spiro atoms. The fourth-order valence-corrected chi connectivity index (χ4v) is 6.42. The normalized spacial score (nSPS) is 12.6. The van der Waals surface area contributed by atoms with Gasteiger partial charge in [-0.25, -0.2) is 17.9 Å². The van der Waals surface area contributed by atoms with Crippen LogP contribution in [0.2, 0.25) is 5.02 Å². The first-order valence-electron chi connectivity index (χ1n) is 15.2. The summed E-state index contributed by atoms with van der Waals surface area (Å²) in [5.41, 5.74) is -0.322. The van der Waals surface area contributed by atoms with E-state index in [0.717, 1.165) is 23.8 Å². The molecule has 264 valence electrons. The zero-order valence-corrected chi connectivity index (χ0v) is 30.6. The minimum atomic E-state index is -4.12. The number of benzene rings is 3. The van der Waals surface area contributed by atoms with Crippen LogP contribution in [0.4, 0.5) is 0 Å². The Bertz CT molecular complexity index is 1780. The summed E-state index contributed by atoms with van der Waals surface area (Å²) in [4.78, 5) is 51.2. The van der Waals surface area contributed by atoms with Crippen LogP contribution in [0, 0.1) is 0 Å². The molecule has 0 saturated heterocycles. The summed E-state index contributed by atoms with van der Waals surface area (Å²) in [6.07, 6.45) is -0.355. The molecule has 14 heteroatoms. The fourth-order valence-electron chi connectivity index (χ4n) is 4.25. The molecule has 0 bridgehead atoms. The molecule has 3 N–H and O–H groups in total. The molecule has 0 saturated carbocycles. The second-order valence-electron chi connectivity index (χ2n) is 13.1. The largest absolute Gasteiger partial charge is 0.507 e. The summed E-state index contributed by atoms with van der Waals surface area (Å²) >= 11 is 7.37. The molecule has 11 nitrogen and oxygen atoms in total. The Morgan fingerprint density at radius 1 is 0.878 bits per heavy atom. The lowest BCUT2D eigenvalue weighted by Gasteiger charge is -2.22. The molecule has 3 rings (SSSR count). The fraction of sp³-hybridized carbons (Fsp3) is 0.371. The molecule has 0 aliphatic heterocycles. The average Bonchev–Trinajstić information content (AvgIpc) is 2.98. The SMILES string of the molecule is CC(C)(C)OC(=O)C[C@H](NC(=O)c1ccc(CNS(=O)(=O)c2ccc(O)c(C(=O)OC(C)(C)C)c2)cc1)C(=O)CSCc1cccc(Cl)c1. The third kappa shape index (κ3) is 13.1. The molecule has 0 fully saturated rings. The van der Waals surface area contributed by atoms with Crippen molar-refractivity contribution in [3.05, 3.63) is 94.0 Å². The van der Waals surface area contributed by atoms with Gasteiger partial charge in [0.25, 0.3) is 5.91 Å². The molecule has 0 aromatic heterocycles. The van der Waals surface area contributed by atoms with Crippen LogP contribution in [0.5, 0.6) is 5.75 Å². The summed E-state index contributed by atoms with van der Waals surface area (Å²) in [6, 6.07) is 15.4. The molecular formula is C35H41ClN2O9S2. The zero-order valence-electron chi connectivity index (χ0n) is 28.2. The van der Waals surface area contributed by atoms with Crippen LogP contribution in [-0.4, -0.2) is 60.2 Å². The van der Waals surface area contributed by atoms with Gasteiger partial charge in [0.15, 0.2) is 5.78 Å². The highest BCUT2D eigenvalue weighted by molar-refractivity contribution is 7.99. The number of hydrogen-bond donors (Lipinski definition) is 3. The zero-order chi connectivity index (χ0) is 36.6. The highest BCUT2D eigenvalue weighted by Crippen LogP contribution is 2.24. The number of carbonyl (C=O) groups excluding carboxylic acids is 4. The van der Waals surface area contributed by atoms with Crippen LogP contribution in [0.15, 0.2) is 71.6 Å². The number of rotatable bonds is 14. The standard InChI is InChI=1S/C35H41ClN2O9S2/c1-34(2,3)46-31(41)18-28(30(40)21-48-20-23-8-7-9-25(36)16-23)38-32(42)24-12-10-22(11-13-24)19-37-49(44,45)26-14-15-29(39)27(17-26)33(43)47-35(4,5)6/h7-17,28,37,39H,18-21H2,1-6H3,(H,38,42)/t28-/m0/s1. The molecule has 0 aliphatic rings. The van der Waals surface area contributed by atoms with E-state index in [1.54, 1.807) is 53.7 Å². The molecule has 1 amide bonds. The molecule has 0 aliphatic carbocycles. The Balaban J connectivity index is 1.66. The maximum atomic E-state index is 13.2. The topological polar surface area (TPSA) is 165 Å². The number of esters is 2. The number of hydrogen-bond acceptors (Lipinski definition) is 10. The summed E-state index contributed by atoms with van der Waals surface area (Å²) < 4.78 is 39.1. The lowest BCUT2D eigenvalue weighted by molar-refractivity contribution is -0.156. The highest BCUT2D eigenvalue weighted by Gasteiger charge is 2.28. The summed E-state index contributed by atoms with van der Waals surface area (Å²) in [5.74, 6) is -2.37. The number of carbonyl (C=O) groups is 4. The number of halogens is 1. The van der Waals surface area contributed by atoms with Crippen LogP contribution in [-0.2, 0) is 41.4 Å². The predicted octanol–water partition coefficient (Wildman–Crippen LogP) is 5.81. The van der Waals surface area contributed by atoms with Crippen molar-refractivity contribution in [3.8, 4) is 5.75 Å². The number of sulfonamides is 1. The van der Waals surface area contributed by atoms with Gasteiger partial charge in [-0.15, -0.1) is 11.8 Å². The maximum absolute atomic E-state index is 13.2. The molecule has 0 heterocycles. The Morgan fingerprint density at radius 2 is 1.53 bits per heavy atom. The Kier molecular flexibility index (Phi) is 13.4. The molecular weight excluding hydrogens is 692 g/mol. The quantitative estimate of drug-likeness (QED) is 0.172. The van der Waals surface area contributed by atoms with Gasteiger partial charge in [0.05, 0.1) is 23.1 Å². The summed E-state index contributed by atoms with van der Waals surface area (Å²) in [7, 11) is -4.12. The van der Waals surface area contributed by atoms with Gasteiger partial charge in [-0.05, 0) is 95.1 Å². The highest BCUT2D eigenvalue weighted by atomic mass is 35.5. The van der Waals surface area contributed by atoms with E-state index in [4.69, 9.17) is 21.1 Å². The van der Waals surface area contributed by atoms with Crippen molar-refractivity contribution < 1.29 is 42.2 Å². The average molecular weight is 733 g/mol. The van der Waals surface area contributed by atoms with Crippen molar-refractivity contribution in [3.63, 3.8) is 0 Å². The minimum Gasteiger partial charge on any atom is -0.507 e. The van der Waals surface area contributed by atoms with E-state index in [9.17, 15) is 32.7 Å². The lowest BCUT2D eigenvalue weighted by Crippen LogP contribution is -2.44. The maximum Gasteiger partial charge on any atom is 0.342 e. The monoisotopic (exact) mass is 732 g/mol. The first-order chi connectivity index (χ1) is 22.7. The Morgan fingerprint density at radius 3 is 2.14 bits per heavy atom. The van der Waals surface area contributed by atoms with Gasteiger partial charge in [0.1, 0.15) is 22.5 Å². The number of phenolic OH excluding ortho intramolecular Hbond substituents is 1. The summed E-state index contributed by atoms with van der Waals surface area (Å²) in [5, 5.41) is 13.3. The Hall–Kier alpha value is -3.91. The molecule has 49 heavy (non-hydrogen) atoms. The first kappa shape index (κ1) is 39.5. The van der Waals surface area contributed by atoms with Crippen molar-refractivity contribution in [2.45, 2.75) is 82.4 Å². The van der Waals surface area contributed by atoms with Crippen molar-refractivity contribution in [2.24, 2.45) is 0 Å². The van der Waals surface area contributed by atoms with Crippen LogP contribution < -0.4 is 10.0 Å². The van der Waals surface area contributed by atoms with E-state index in [0.29, 0.717) is 16.3 Å². The molecule has 0 unspecified atom stereocenters. The number of phenols is 1. The van der Waals surface area contributed by atoms with Crippen LogP contribution in [0.1, 0.15) is 79.8 Å². The number of amides is 1. The molecule has 1 atom stereocenters. The first-order valence-corrected chi connectivity index (χ1v) is 18.3. The predicted molar refractivity (Wildman–Crippen MR) is 188 cm³/mol. The van der Waals surface area contributed by atoms with E-state index in [2.05, 4.69) is 10.0 Å². The molecule has 3 aromatic carbocycles. The van der Waals surface area contributed by atoms with Gasteiger partial charge in [-0.3, -0.25) is 14.4 Å². The smallest absolute Gasteiger partial charge is 0.342 e. The number of ether oxygens (including phenoxy) is 2. The van der Waals surface area contributed by atoms with Gasteiger partial charge in [0.2, 0.25) is 10.0 Å². The number of thioether (sulfide) groups is 1.